The first-order chi connectivity index (χ1) is 14.3. The van der Waals surface area contributed by atoms with Gasteiger partial charge in [-0.1, -0.05) is 38.2 Å². The fraction of sp³-hybridized carbons (Fsp3) is 0.778. The summed E-state index contributed by atoms with van der Waals surface area (Å²) in [7, 11) is 0. The summed E-state index contributed by atoms with van der Waals surface area (Å²) in [5, 5.41) is 30.5. The molecule has 4 fully saturated rings. The van der Waals surface area contributed by atoms with Crippen LogP contribution in [0.2, 0.25) is 0 Å². The molecule has 4 aliphatic carbocycles. The molecule has 0 aromatic rings. The van der Waals surface area contributed by atoms with Crippen molar-refractivity contribution in [3.05, 3.63) is 35.5 Å². The summed E-state index contributed by atoms with van der Waals surface area (Å²) in [5.41, 5.74) is 3.72. The highest BCUT2D eigenvalue weighted by molar-refractivity contribution is 5.38. The van der Waals surface area contributed by atoms with Gasteiger partial charge in [-0.05, 0) is 104 Å². The second-order valence-electron chi connectivity index (χ2n) is 11.1. The lowest BCUT2D eigenvalue weighted by Gasteiger charge is -2.44. The van der Waals surface area contributed by atoms with Crippen LogP contribution in [0.1, 0.15) is 84.5 Å². The Morgan fingerprint density at radius 2 is 1.90 bits per heavy atom. The minimum atomic E-state index is -0.613. The van der Waals surface area contributed by atoms with E-state index >= 15 is 0 Å². The van der Waals surface area contributed by atoms with Gasteiger partial charge in [0.2, 0.25) is 0 Å². The van der Waals surface area contributed by atoms with Crippen molar-refractivity contribution in [2.24, 2.45) is 29.1 Å². The first-order valence-electron chi connectivity index (χ1n) is 12.4. The van der Waals surface area contributed by atoms with E-state index in [1.807, 2.05) is 0 Å². The van der Waals surface area contributed by atoms with E-state index in [1.54, 1.807) is 5.57 Å². The Morgan fingerprint density at radius 3 is 2.63 bits per heavy atom. The van der Waals surface area contributed by atoms with Crippen molar-refractivity contribution >= 4 is 0 Å². The molecule has 168 valence electrons. The van der Waals surface area contributed by atoms with Gasteiger partial charge in [0.25, 0.3) is 0 Å². The number of allylic oxidation sites excluding steroid dienone is 3. The SMILES string of the molecule is C=C1/C(=C\C=C2/CCC[C@]3(C)[C@@H]([C@H](C)CCC(O)C4CC4)CC[C@@H]23)C[C@@H](O)C[C@@H]1O. The maximum Gasteiger partial charge on any atom is 0.0811 e. The molecule has 7 atom stereocenters. The van der Waals surface area contributed by atoms with Crippen molar-refractivity contribution in [1.29, 1.82) is 0 Å². The second-order valence-corrected chi connectivity index (χ2v) is 11.1. The average Bonchev–Trinajstić information content (AvgIpc) is 3.49. The third-order valence-corrected chi connectivity index (χ3v) is 9.07. The number of aliphatic hydroxyl groups excluding tert-OH is 3. The van der Waals surface area contributed by atoms with Crippen LogP contribution in [0.25, 0.3) is 0 Å². The van der Waals surface area contributed by atoms with Crippen LogP contribution in [-0.2, 0) is 0 Å². The molecule has 3 N–H and O–H groups in total. The molecular weight excluding hydrogens is 372 g/mol. The normalized spacial score (nSPS) is 41.8. The van der Waals surface area contributed by atoms with Gasteiger partial charge in [-0.3, -0.25) is 0 Å². The highest BCUT2D eigenvalue weighted by Crippen LogP contribution is 2.60. The van der Waals surface area contributed by atoms with Gasteiger partial charge in [0, 0.05) is 6.42 Å². The highest BCUT2D eigenvalue weighted by atomic mass is 16.3. The second kappa shape index (κ2) is 8.92. The van der Waals surface area contributed by atoms with Gasteiger partial charge in [-0.15, -0.1) is 0 Å². The maximum atomic E-state index is 10.3. The molecule has 3 nitrogen and oxygen atoms in total. The molecule has 0 aromatic carbocycles. The van der Waals surface area contributed by atoms with Crippen LogP contribution in [0.5, 0.6) is 0 Å². The predicted octanol–water partition coefficient (Wildman–Crippen LogP) is 5.31. The third kappa shape index (κ3) is 4.49. The minimum Gasteiger partial charge on any atom is -0.393 e. The molecule has 0 saturated heterocycles. The number of hydrogen-bond donors (Lipinski definition) is 3. The summed E-state index contributed by atoms with van der Waals surface area (Å²) >= 11 is 0. The van der Waals surface area contributed by atoms with Crippen LogP contribution in [0, 0.1) is 29.1 Å². The van der Waals surface area contributed by atoms with Gasteiger partial charge in [0.05, 0.1) is 18.3 Å². The lowest BCUT2D eigenvalue weighted by Crippen LogP contribution is -2.36. The summed E-state index contributed by atoms with van der Waals surface area (Å²) in [6, 6.07) is 0. The van der Waals surface area contributed by atoms with Gasteiger partial charge in [0.15, 0.2) is 0 Å². The van der Waals surface area contributed by atoms with Crippen molar-refractivity contribution in [3.8, 4) is 0 Å². The van der Waals surface area contributed by atoms with E-state index in [9.17, 15) is 15.3 Å². The van der Waals surface area contributed by atoms with Gasteiger partial charge in [-0.2, -0.15) is 0 Å². The Balaban J connectivity index is 1.44. The summed E-state index contributed by atoms with van der Waals surface area (Å²) < 4.78 is 0. The fourth-order valence-corrected chi connectivity index (χ4v) is 7.03. The Morgan fingerprint density at radius 1 is 1.13 bits per heavy atom. The van der Waals surface area contributed by atoms with Gasteiger partial charge >= 0.3 is 0 Å². The summed E-state index contributed by atoms with van der Waals surface area (Å²) in [6.45, 7) is 9.01. The van der Waals surface area contributed by atoms with Crippen LogP contribution in [0.15, 0.2) is 35.5 Å². The van der Waals surface area contributed by atoms with Crippen LogP contribution < -0.4 is 0 Å². The van der Waals surface area contributed by atoms with Crippen LogP contribution in [0.3, 0.4) is 0 Å². The molecule has 4 saturated carbocycles. The molecule has 4 aliphatic rings. The lowest BCUT2D eigenvalue weighted by atomic mass is 9.60. The van der Waals surface area contributed by atoms with Crippen molar-refractivity contribution in [2.75, 3.05) is 0 Å². The first-order valence-corrected chi connectivity index (χ1v) is 12.4. The Hall–Kier alpha value is -0.900. The number of aliphatic hydroxyl groups is 3. The standard InChI is InChI=1S/C27H42O3/c1-17(6-13-25(29)20-8-9-20)23-11-12-24-19(5-4-14-27(23,24)3)7-10-21-15-22(28)16-26(30)18(21)2/h7,10,17,20,22-26,28-30H,2,4-6,8-9,11-16H2,1,3H3/b19-7+,21-10-/t17-,22-,23-,24+,25?,26+,27-/m1/s1. The molecule has 0 spiro atoms. The largest absolute Gasteiger partial charge is 0.393 e. The number of hydrogen-bond acceptors (Lipinski definition) is 3. The van der Waals surface area contributed by atoms with E-state index < -0.39 is 12.2 Å². The van der Waals surface area contributed by atoms with E-state index in [2.05, 4.69) is 32.6 Å². The quantitative estimate of drug-likeness (QED) is 0.552. The molecule has 0 aromatic heterocycles. The van der Waals surface area contributed by atoms with Crippen molar-refractivity contribution in [1.82, 2.24) is 0 Å². The van der Waals surface area contributed by atoms with Crippen LogP contribution >= 0.6 is 0 Å². The van der Waals surface area contributed by atoms with Crippen LogP contribution in [-0.4, -0.2) is 33.6 Å². The molecule has 4 rings (SSSR count). The van der Waals surface area contributed by atoms with E-state index in [0.29, 0.717) is 36.0 Å². The van der Waals surface area contributed by atoms with Crippen molar-refractivity contribution < 1.29 is 15.3 Å². The first kappa shape index (κ1) is 22.3. The molecule has 0 bridgehead atoms. The molecular formula is C27H42O3. The maximum absolute atomic E-state index is 10.3. The molecule has 30 heavy (non-hydrogen) atoms. The minimum absolute atomic E-state index is 0.0693. The molecule has 0 amide bonds. The topological polar surface area (TPSA) is 60.7 Å². The number of rotatable bonds is 6. The fourth-order valence-electron chi connectivity index (χ4n) is 7.03. The zero-order chi connectivity index (χ0) is 21.5. The zero-order valence-electron chi connectivity index (χ0n) is 19.0. The average molecular weight is 415 g/mol. The Labute approximate surface area is 183 Å². The van der Waals surface area contributed by atoms with Gasteiger partial charge in [-0.25, -0.2) is 0 Å². The Kier molecular flexibility index (Phi) is 6.63. The predicted molar refractivity (Wildman–Crippen MR) is 122 cm³/mol. The summed E-state index contributed by atoms with van der Waals surface area (Å²) in [4.78, 5) is 0. The number of fused-ring (bicyclic) bond motifs is 1. The van der Waals surface area contributed by atoms with Gasteiger partial charge in [0.1, 0.15) is 0 Å². The smallest absolute Gasteiger partial charge is 0.0811 e. The van der Waals surface area contributed by atoms with Gasteiger partial charge < -0.3 is 15.3 Å². The van der Waals surface area contributed by atoms with Crippen molar-refractivity contribution in [2.45, 2.75) is 103 Å². The van der Waals surface area contributed by atoms with E-state index in [-0.39, 0.29) is 6.10 Å². The molecule has 0 aliphatic heterocycles. The lowest BCUT2D eigenvalue weighted by molar-refractivity contribution is 0.0784. The Bertz CT molecular complexity index is 703. The van der Waals surface area contributed by atoms with E-state index in [1.165, 1.54) is 44.9 Å². The molecule has 0 radical (unpaired) electrons. The molecule has 1 unspecified atom stereocenters. The highest BCUT2D eigenvalue weighted by Gasteiger charge is 2.50. The molecule has 0 heterocycles. The third-order valence-electron chi connectivity index (χ3n) is 9.07. The molecule has 3 heteroatoms. The van der Waals surface area contributed by atoms with E-state index in [0.717, 1.165) is 29.9 Å². The van der Waals surface area contributed by atoms with Crippen molar-refractivity contribution in [3.63, 3.8) is 0 Å². The van der Waals surface area contributed by atoms with E-state index in [4.69, 9.17) is 0 Å². The summed E-state index contributed by atoms with van der Waals surface area (Å²) in [6.07, 6.45) is 15.2. The van der Waals surface area contributed by atoms with Crippen LogP contribution in [0.4, 0.5) is 0 Å². The zero-order valence-corrected chi connectivity index (χ0v) is 19.0. The monoisotopic (exact) mass is 414 g/mol. The summed E-state index contributed by atoms with van der Waals surface area (Å²) in [5.74, 6) is 2.66.